The van der Waals surface area contributed by atoms with Gasteiger partial charge in [-0.3, -0.25) is 0 Å². The molecule has 1 aliphatic heterocycles. The Bertz CT molecular complexity index is 1670. The van der Waals surface area contributed by atoms with Gasteiger partial charge in [0.05, 0.1) is 11.0 Å². The first kappa shape index (κ1) is 17.0. The van der Waals surface area contributed by atoms with Gasteiger partial charge in [0, 0.05) is 27.8 Å². The predicted molar refractivity (Wildman–Crippen MR) is 134 cm³/mol. The number of allylic oxidation sites excluding steroid dienone is 1. The van der Waals surface area contributed by atoms with Crippen LogP contribution in [0.15, 0.2) is 78.9 Å². The van der Waals surface area contributed by atoms with Gasteiger partial charge in [0.15, 0.2) is 0 Å². The van der Waals surface area contributed by atoms with E-state index >= 15 is 0 Å². The highest BCUT2D eigenvalue weighted by Gasteiger charge is 2.38. The van der Waals surface area contributed by atoms with Crippen molar-refractivity contribution in [3.63, 3.8) is 0 Å². The standard InChI is InChI=1S/C31H23N/c1-31(2)26-12-5-3-8-20(26)24-14-18-15-25-23-11-7-10-22-21-9-4-6-13-28(21)32(30(22)23)29(25)17-19(18)16-27(24)31/h3-14,16-17,25H,15H2,1-2H3. The monoisotopic (exact) mass is 409 g/mol. The molecule has 0 amide bonds. The van der Waals surface area contributed by atoms with Crippen LogP contribution in [-0.4, -0.2) is 4.57 Å². The van der Waals surface area contributed by atoms with E-state index in [0.29, 0.717) is 5.92 Å². The van der Waals surface area contributed by atoms with Crippen molar-refractivity contribution in [1.82, 2.24) is 4.57 Å². The number of benzene rings is 4. The summed E-state index contributed by atoms with van der Waals surface area (Å²) in [5.41, 5.74) is 14.4. The number of hydrogen-bond donors (Lipinski definition) is 0. The van der Waals surface area contributed by atoms with E-state index < -0.39 is 0 Å². The Hall–Kier alpha value is -3.58. The first-order valence-electron chi connectivity index (χ1n) is 11.6. The van der Waals surface area contributed by atoms with Crippen molar-refractivity contribution in [2.45, 2.75) is 31.6 Å². The maximum absolute atomic E-state index is 2.54. The highest BCUT2D eigenvalue weighted by atomic mass is 15.0. The zero-order chi connectivity index (χ0) is 21.2. The molecule has 2 aliphatic carbocycles. The van der Waals surface area contributed by atoms with Gasteiger partial charge in [-0.1, -0.05) is 80.6 Å². The summed E-state index contributed by atoms with van der Waals surface area (Å²) >= 11 is 0. The lowest BCUT2D eigenvalue weighted by molar-refractivity contribution is 0.659. The fraction of sp³-hybridized carbons (Fsp3) is 0.161. The zero-order valence-corrected chi connectivity index (χ0v) is 18.3. The first-order valence-corrected chi connectivity index (χ1v) is 11.6. The van der Waals surface area contributed by atoms with Crippen LogP contribution in [0, 0.1) is 0 Å². The van der Waals surface area contributed by atoms with Crippen LogP contribution in [0.3, 0.4) is 0 Å². The quantitative estimate of drug-likeness (QED) is 0.246. The van der Waals surface area contributed by atoms with Crippen molar-refractivity contribution < 1.29 is 0 Å². The minimum Gasteiger partial charge on any atom is -0.312 e. The van der Waals surface area contributed by atoms with Gasteiger partial charge in [0.1, 0.15) is 0 Å². The van der Waals surface area contributed by atoms with E-state index in [9.17, 15) is 0 Å². The van der Waals surface area contributed by atoms with Crippen LogP contribution in [0.25, 0.3) is 44.7 Å². The van der Waals surface area contributed by atoms with E-state index in [0.717, 1.165) is 6.42 Å². The molecule has 8 rings (SSSR count). The molecule has 1 nitrogen and oxygen atoms in total. The van der Waals surface area contributed by atoms with Crippen LogP contribution in [0.5, 0.6) is 0 Å². The number of aromatic nitrogens is 1. The number of nitrogens with zero attached hydrogens (tertiary/aromatic N) is 1. The maximum atomic E-state index is 2.54. The van der Waals surface area contributed by atoms with Crippen LogP contribution in [0.2, 0.25) is 0 Å². The van der Waals surface area contributed by atoms with Crippen molar-refractivity contribution >= 4 is 33.6 Å². The number of hydrogen-bond acceptors (Lipinski definition) is 0. The second-order valence-corrected chi connectivity index (χ2v) is 10.2. The number of rotatable bonds is 0. The maximum Gasteiger partial charge on any atom is 0.0577 e. The molecule has 152 valence electrons. The summed E-state index contributed by atoms with van der Waals surface area (Å²) in [6.45, 7) is 4.74. The zero-order valence-electron chi connectivity index (χ0n) is 18.3. The van der Waals surface area contributed by atoms with Crippen molar-refractivity contribution in [3.8, 4) is 11.1 Å². The topological polar surface area (TPSA) is 4.93 Å². The molecule has 0 spiro atoms. The molecular formula is C31H23N. The van der Waals surface area contributed by atoms with Crippen molar-refractivity contribution in [2.24, 2.45) is 0 Å². The summed E-state index contributed by atoms with van der Waals surface area (Å²) in [7, 11) is 0. The molecule has 5 aromatic rings. The minimum atomic E-state index is 0.0440. The molecular weight excluding hydrogens is 386 g/mol. The largest absolute Gasteiger partial charge is 0.312 e. The van der Waals surface area contributed by atoms with Crippen LogP contribution in [-0.2, 0) is 11.8 Å². The van der Waals surface area contributed by atoms with Crippen LogP contribution in [0.1, 0.15) is 47.6 Å². The second kappa shape index (κ2) is 5.42. The van der Waals surface area contributed by atoms with Crippen molar-refractivity contribution in [2.75, 3.05) is 0 Å². The molecule has 4 aromatic carbocycles. The van der Waals surface area contributed by atoms with Gasteiger partial charge in [-0.25, -0.2) is 0 Å². The third-order valence-corrected chi connectivity index (χ3v) is 8.29. The van der Waals surface area contributed by atoms with E-state index in [1.807, 2.05) is 0 Å². The molecule has 0 saturated carbocycles. The molecule has 32 heavy (non-hydrogen) atoms. The summed E-state index contributed by atoms with van der Waals surface area (Å²) in [5.74, 6) is 0.438. The molecule has 1 aromatic heterocycles. The Morgan fingerprint density at radius 1 is 0.781 bits per heavy atom. The molecule has 3 aliphatic rings. The van der Waals surface area contributed by atoms with Gasteiger partial charge in [0.2, 0.25) is 0 Å². The molecule has 0 fully saturated rings. The van der Waals surface area contributed by atoms with E-state index in [1.54, 1.807) is 0 Å². The van der Waals surface area contributed by atoms with E-state index in [2.05, 4.69) is 103 Å². The Morgan fingerprint density at radius 3 is 2.53 bits per heavy atom. The molecule has 0 saturated heterocycles. The van der Waals surface area contributed by atoms with Crippen LogP contribution >= 0.6 is 0 Å². The third kappa shape index (κ3) is 1.84. The highest BCUT2D eigenvalue weighted by molar-refractivity contribution is 6.14. The first-order chi connectivity index (χ1) is 15.6. The Labute approximate surface area is 187 Å². The summed E-state index contributed by atoms with van der Waals surface area (Å²) in [6, 6.07) is 29.7. The summed E-state index contributed by atoms with van der Waals surface area (Å²) in [5, 5.41) is 2.75. The highest BCUT2D eigenvalue weighted by Crippen LogP contribution is 2.54. The van der Waals surface area contributed by atoms with Crippen molar-refractivity contribution in [1.29, 1.82) is 0 Å². The van der Waals surface area contributed by atoms with Crippen LogP contribution < -0.4 is 0 Å². The average molecular weight is 410 g/mol. The predicted octanol–water partition coefficient (Wildman–Crippen LogP) is 7.75. The molecule has 1 atom stereocenters. The van der Waals surface area contributed by atoms with E-state index in [4.69, 9.17) is 0 Å². The molecule has 1 heteroatoms. The fourth-order valence-corrected chi connectivity index (χ4v) is 6.79. The molecule has 0 bridgehead atoms. The lowest BCUT2D eigenvalue weighted by atomic mass is 9.78. The van der Waals surface area contributed by atoms with E-state index in [1.165, 1.54) is 66.4 Å². The fourth-order valence-electron chi connectivity index (χ4n) is 6.79. The second-order valence-electron chi connectivity index (χ2n) is 10.2. The van der Waals surface area contributed by atoms with Crippen LogP contribution in [0.4, 0.5) is 0 Å². The lowest BCUT2D eigenvalue weighted by Gasteiger charge is -2.26. The van der Waals surface area contributed by atoms with Gasteiger partial charge < -0.3 is 4.57 Å². The summed E-state index contributed by atoms with van der Waals surface area (Å²) in [4.78, 5) is 0. The third-order valence-electron chi connectivity index (χ3n) is 8.29. The molecule has 0 radical (unpaired) electrons. The molecule has 0 N–H and O–H groups in total. The van der Waals surface area contributed by atoms with Crippen molar-refractivity contribution in [3.05, 3.63) is 107 Å². The van der Waals surface area contributed by atoms with Gasteiger partial charge in [-0.05, 0) is 63.6 Å². The normalized spacial score (nSPS) is 18.9. The summed E-state index contributed by atoms with van der Waals surface area (Å²) < 4.78 is 2.54. The molecule has 1 unspecified atom stereocenters. The Morgan fingerprint density at radius 2 is 1.59 bits per heavy atom. The Kier molecular flexibility index (Phi) is 2.89. The number of fused-ring (bicyclic) bond motifs is 10. The SMILES string of the molecule is CC1(C)c2ccccc2-c2cc3c(cc21)C=C1C(C3)c2cccc3c4ccccc4n1c23. The smallest absolute Gasteiger partial charge is 0.0577 e. The molecule has 2 heterocycles. The van der Waals surface area contributed by atoms with Gasteiger partial charge in [-0.2, -0.15) is 0 Å². The Balaban J connectivity index is 1.41. The minimum absolute atomic E-state index is 0.0440. The average Bonchev–Trinajstić information content (AvgIpc) is 3.40. The van der Waals surface area contributed by atoms with Gasteiger partial charge in [-0.15, -0.1) is 0 Å². The van der Waals surface area contributed by atoms with E-state index in [-0.39, 0.29) is 5.41 Å². The number of para-hydroxylation sites is 2. The lowest BCUT2D eigenvalue weighted by Crippen LogP contribution is -2.16. The summed E-state index contributed by atoms with van der Waals surface area (Å²) in [6.07, 6.45) is 3.56. The van der Waals surface area contributed by atoms with Gasteiger partial charge >= 0.3 is 0 Å². The van der Waals surface area contributed by atoms with Gasteiger partial charge in [0.25, 0.3) is 0 Å².